The van der Waals surface area contributed by atoms with Crippen LogP contribution in [-0.2, 0) is 23.1 Å². The maximum Gasteiger partial charge on any atom is 0.326 e. The van der Waals surface area contributed by atoms with Gasteiger partial charge in [-0.15, -0.1) is 0 Å². The molecule has 1 fully saturated rings. The molecular weight excluding hydrogens is 596 g/mol. The lowest BCUT2D eigenvalue weighted by molar-refractivity contribution is 0.180. The van der Waals surface area contributed by atoms with Crippen LogP contribution >= 0.6 is 11.6 Å². The van der Waals surface area contributed by atoms with Gasteiger partial charge >= 0.3 is 5.69 Å². The molecule has 4 aromatic carbocycles. The highest BCUT2D eigenvalue weighted by atomic mass is 35.5. The number of nitrogens with zero attached hydrogens (tertiary/aromatic N) is 4. The largest absolute Gasteiger partial charge is 0.326 e. The number of fused-ring (bicyclic) bond motifs is 2. The van der Waals surface area contributed by atoms with Gasteiger partial charge in [0.1, 0.15) is 10.7 Å². The third kappa shape index (κ3) is 5.46. The monoisotopic (exact) mass is 626 g/mol. The van der Waals surface area contributed by atoms with Crippen molar-refractivity contribution in [2.75, 3.05) is 18.0 Å². The molecule has 5 aromatic rings. The van der Waals surface area contributed by atoms with Crippen LogP contribution in [0.1, 0.15) is 35.6 Å². The zero-order valence-electron chi connectivity index (χ0n) is 23.9. The van der Waals surface area contributed by atoms with Crippen LogP contribution in [0.2, 0.25) is 5.02 Å². The van der Waals surface area contributed by atoms with Gasteiger partial charge in [0.25, 0.3) is 0 Å². The fourth-order valence-electron chi connectivity index (χ4n) is 6.29. The standard InChI is InChI=1S/C33H31ClN6O3S/c34-27-19-29-24(18-31(27)44(35,42)43)21-39(32(36-29)23-6-2-1-3-7-23)25-12-10-22(11-13-25)20-38-16-14-26(15-17-38)40-30-9-5-4-8-28(30)37-33(40)41/h1-13,18-19,26H,14-17,20-21H2,(H,37,41)(H2,35,42,43). The number of para-hydroxylation sites is 2. The number of rotatable bonds is 6. The number of benzene rings is 4. The number of hydrogen-bond donors (Lipinski definition) is 2. The number of aromatic amines is 1. The molecule has 9 nitrogen and oxygen atoms in total. The maximum absolute atomic E-state index is 12.7. The van der Waals surface area contributed by atoms with E-state index in [0.717, 1.165) is 66.2 Å². The zero-order valence-corrected chi connectivity index (χ0v) is 25.4. The predicted molar refractivity (Wildman–Crippen MR) is 174 cm³/mol. The molecule has 11 heteroatoms. The lowest BCUT2D eigenvalue weighted by Gasteiger charge is -2.33. The number of likely N-dealkylation sites (tertiary alicyclic amines) is 1. The summed E-state index contributed by atoms with van der Waals surface area (Å²) < 4.78 is 26.2. The fourth-order valence-corrected chi connectivity index (χ4v) is 7.40. The number of nitrogens with one attached hydrogen (secondary N) is 1. The van der Waals surface area contributed by atoms with Crippen LogP contribution in [-0.4, -0.2) is 41.8 Å². The molecule has 7 rings (SSSR count). The van der Waals surface area contributed by atoms with Crippen LogP contribution < -0.4 is 15.7 Å². The van der Waals surface area contributed by atoms with E-state index >= 15 is 0 Å². The van der Waals surface area contributed by atoms with Crippen molar-refractivity contribution < 1.29 is 8.42 Å². The Balaban J connectivity index is 1.10. The summed E-state index contributed by atoms with van der Waals surface area (Å²) in [6, 6.07) is 29.4. The molecule has 44 heavy (non-hydrogen) atoms. The SMILES string of the molecule is NS(=O)(=O)c1cc2c(cc1Cl)N=C(c1ccccc1)N(c1ccc(CN3CCC(n4c(=O)[nH]c5ccccc54)CC3)cc1)C2. The predicted octanol–water partition coefficient (Wildman–Crippen LogP) is 5.57. The number of sulfonamides is 1. The van der Waals surface area contributed by atoms with E-state index in [4.69, 9.17) is 21.7 Å². The molecule has 3 N–H and O–H groups in total. The Morgan fingerprint density at radius 1 is 0.932 bits per heavy atom. The van der Waals surface area contributed by atoms with E-state index in [1.54, 1.807) is 6.07 Å². The first-order chi connectivity index (χ1) is 21.2. The van der Waals surface area contributed by atoms with E-state index in [-0.39, 0.29) is 21.6 Å². The number of halogens is 1. The van der Waals surface area contributed by atoms with E-state index in [2.05, 4.69) is 39.0 Å². The molecule has 0 unspecified atom stereocenters. The first kappa shape index (κ1) is 28.5. The van der Waals surface area contributed by atoms with E-state index in [1.165, 1.54) is 11.6 Å². The molecule has 3 heterocycles. The van der Waals surface area contributed by atoms with Crippen molar-refractivity contribution in [3.05, 3.63) is 123 Å². The van der Waals surface area contributed by atoms with E-state index in [0.29, 0.717) is 12.2 Å². The van der Waals surface area contributed by atoms with E-state index in [9.17, 15) is 13.2 Å². The summed E-state index contributed by atoms with van der Waals surface area (Å²) in [5, 5.41) is 5.48. The van der Waals surface area contributed by atoms with Crippen LogP contribution in [0.15, 0.2) is 106 Å². The summed E-state index contributed by atoms with van der Waals surface area (Å²) in [6.07, 6.45) is 1.82. The summed E-state index contributed by atoms with van der Waals surface area (Å²) in [5.74, 6) is 0.750. The third-order valence-corrected chi connectivity index (χ3v) is 9.86. The smallest absolute Gasteiger partial charge is 0.321 e. The molecule has 1 saturated heterocycles. The van der Waals surface area contributed by atoms with Crippen molar-refractivity contribution in [3.63, 3.8) is 0 Å². The molecule has 0 saturated carbocycles. The van der Waals surface area contributed by atoms with Gasteiger partial charge in [0.2, 0.25) is 10.0 Å². The van der Waals surface area contributed by atoms with Crippen LogP contribution in [0.4, 0.5) is 11.4 Å². The number of aliphatic imine (C=N–C) groups is 1. The number of piperidine rings is 1. The van der Waals surface area contributed by atoms with Crippen molar-refractivity contribution in [2.45, 2.75) is 36.9 Å². The quantitative estimate of drug-likeness (QED) is 0.256. The molecule has 1 aromatic heterocycles. The minimum atomic E-state index is -3.98. The van der Waals surface area contributed by atoms with Gasteiger partial charge in [-0.25, -0.2) is 23.3 Å². The second kappa shape index (κ2) is 11.4. The van der Waals surface area contributed by atoms with Crippen molar-refractivity contribution in [1.82, 2.24) is 14.5 Å². The number of H-pyrrole nitrogens is 1. The Labute approximate surface area is 260 Å². The number of anilines is 1. The molecule has 0 spiro atoms. The zero-order chi connectivity index (χ0) is 30.4. The highest BCUT2D eigenvalue weighted by Crippen LogP contribution is 2.36. The van der Waals surface area contributed by atoms with Gasteiger partial charge in [-0.1, -0.05) is 66.2 Å². The fraction of sp³-hybridized carbons (Fsp3) is 0.212. The second-order valence-corrected chi connectivity index (χ2v) is 13.3. The van der Waals surface area contributed by atoms with E-state index < -0.39 is 10.0 Å². The number of amidine groups is 1. The average molecular weight is 627 g/mol. The summed E-state index contributed by atoms with van der Waals surface area (Å²) in [5.41, 5.74) is 6.21. The van der Waals surface area contributed by atoms with Gasteiger partial charge in [0.15, 0.2) is 0 Å². The normalized spacial score (nSPS) is 16.2. The molecule has 0 bridgehead atoms. The van der Waals surface area contributed by atoms with Gasteiger partial charge in [0, 0.05) is 36.9 Å². The highest BCUT2D eigenvalue weighted by Gasteiger charge is 2.27. The molecular formula is C33H31ClN6O3S. The van der Waals surface area contributed by atoms with E-state index in [1.807, 2.05) is 59.2 Å². The molecule has 0 aliphatic carbocycles. The molecule has 0 amide bonds. The van der Waals surface area contributed by atoms with Gasteiger partial charge in [-0.3, -0.25) is 9.47 Å². The first-order valence-electron chi connectivity index (χ1n) is 14.5. The third-order valence-electron chi connectivity index (χ3n) is 8.48. The van der Waals surface area contributed by atoms with Crippen LogP contribution in [0.3, 0.4) is 0 Å². The van der Waals surface area contributed by atoms with Crippen LogP contribution in [0, 0.1) is 0 Å². The first-order valence-corrected chi connectivity index (χ1v) is 16.4. The van der Waals surface area contributed by atoms with Crippen molar-refractivity contribution in [3.8, 4) is 0 Å². The second-order valence-electron chi connectivity index (χ2n) is 11.3. The Bertz CT molecular complexity index is 2050. The summed E-state index contributed by atoms with van der Waals surface area (Å²) in [4.78, 5) is 25.0. The number of hydrogen-bond acceptors (Lipinski definition) is 6. The summed E-state index contributed by atoms with van der Waals surface area (Å²) in [6.45, 7) is 3.03. The summed E-state index contributed by atoms with van der Waals surface area (Å²) >= 11 is 6.29. The van der Waals surface area contributed by atoms with Crippen LogP contribution in [0.25, 0.3) is 11.0 Å². The molecule has 2 aliphatic heterocycles. The molecule has 0 atom stereocenters. The van der Waals surface area contributed by atoms with Gasteiger partial charge in [-0.05, 0) is 60.4 Å². The minimum Gasteiger partial charge on any atom is -0.321 e. The minimum absolute atomic E-state index is 0.0389. The van der Waals surface area contributed by atoms with Gasteiger partial charge in [0.05, 0.1) is 28.3 Å². The van der Waals surface area contributed by atoms with Crippen molar-refractivity contribution >= 4 is 49.9 Å². The highest BCUT2D eigenvalue weighted by molar-refractivity contribution is 7.89. The number of aromatic nitrogens is 2. The molecule has 2 aliphatic rings. The lowest BCUT2D eigenvalue weighted by atomic mass is 10.0. The Hall–Kier alpha value is -4.22. The maximum atomic E-state index is 12.7. The molecule has 224 valence electrons. The lowest BCUT2D eigenvalue weighted by Crippen LogP contribution is -2.36. The van der Waals surface area contributed by atoms with Crippen molar-refractivity contribution in [1.29, 1.82) is 0 Å². The Morgan fingerprint density at radius 2 is 1.64 bits per heavy atom. The number of imidazole rings is 1. The molecule has 0 radical (unpaired) electrons. The average Bonchev–Trinajstić information content (AvgIpc) is 3.36. The van der Waals surface area contributed by atoms with Gasteiger partial charge < -0.3 is 9.88 Å². The Morgan fingerprint density at radius 3 is 2.36 bits per heavy atom. The van der Waals surface area contributed by atoms with Crippen molar-refractivity contribution in [2.24, 2.45) is 10.1 Å². The van der Waals surface area contributed by atoms with Gasteiger partial charge in [-0.2, -0.15) is 0 Å². The summed E-state index contributed by atoms with van der Waals surface area (Å²) in [7, 11) is -3.98. The van der Waals surface area contributed by atoms with Crippen LogP contribution in [0.5, 0.6) is 0 Å². The topological polar surface area (TPSA) is 117 Å². The number of primary sulfonamides is 1. The number of nitrogens with two attached hydrogens (primary N) is 1. The Kier molecular flexibility index (Phi) is 7.37.